The zero-order valence-electron chi connectivity index (χ0n) is 11.9. The molecule has 0 aliphatic heterocycles. The minimum atomic E-state index is 0.780. The van der Waals surface area contributed by atoms with Crippen LogP contribution in [0.25, 0.3) is 0 Å². The summed E-state index contributed by atoms with van der Waals surface area (Å²) < 4.78 is 0. The molecule has 1 aliphatic carbocycles. The summed E-state index contributed by atoms with van der Waals surface area (Å²) in [7, 11) is 0. The molecule has 3 unspecified atom stereocenters. The predicted octanol–water partition coefficient (Wildman–Crippen LogP) is 4.08. The Morgan fingerprint density at radius 1 is 1.12 bits per heavy atom. The third-order valence-electron chi connectivity index (χ3n) is 4.15. The van der Waals surface area contributed by atoms with Crippen molar-refractivity contribution in [1.82, 2.24) is 5.32 Å². The molecular weight excluding hydrogens is 194 g/mol. The van der Waals surface area contributed by atoms with Crippen molar-refractivity contribution < 1.29 is 0 Å². The zero-order valence-corrected chi connectivity index (χ0v) is 11.9. The van der Waals surface area contributed by atoms with E-state index in [4.69, 9.17) is 0 Å². The largest absolute Gasteiger partial charge is 0.314 e. The summed E-state index contributed by atoms with van der Waals surface area (Å²) in [6.07, 6.45) is 5.57. The Bertz CT molecular complexity index is 186. The van der Waals surface area contributed by atoms with Gasteiger partial charge in [0.25, 0.3) is 0 Å². The molecule has 1 fully saturated rings. The molecule has 1 nitrogen and oxygen atoms in total. The Morgan fingerprint density at radius 3 is 2.38 bits per heavy atom. The van der Waals surface area contributed by atoms with E-state index in [2.05, 4.69) is 39.9 Å². The Morgan fingerprint density at radius 2 is 1.81 bits per heavy atom. The van der Waals surface area contributed by atoms with Gasteiger partial charge in [-0.15, -0.1) is 0 Å². The number of rotatable bonds is 5. The lowest BCUT2D eigenvalue weighted by Gasteiger charge is -2.38. The lowest BCUT2D eigenvalue weighted by Crippen LogP contribution is -2.43. The van der Waals surface area contributed by atoms with Gasteiger partial charge >= 0.3 is 0 Å². The van der Waals surface area contributed by atoms with Crippen molar-refractivity contribution in [2.24, 2.45) is 23.7 Å². The standard InChI is InChI=1S/C15H31N/c1-11(2)8-9-16-15-10-13(5)6-7-14(15)12(3)4/h11-16H,6-10H2,1-5H3. The van der Waals surface area contributed by atoms with Gasteiger partial charge in [0.15, 0.2) is 0 Å². The molecule has 0 aromatic heterocycles. The third kappa shape index (κ3) is 4.45. The van der Waals surface area contributed by atoms with Gasteiger partial charge in [0.1, 0.15) is 0 Å². The summed E-state index contributed by atoms with van der Waals surface area (Å²) in [5.41, 5.74) is 0. The minimum Gasteiger partial charge on any atom is -0.314 e. The summed E-state index contributed by atoms with van der Waals surface area (Å²) in [5.74, 6) is 3.49. The second-order valence-corrected chi connectivity index (χ2v) is 6.57. The first kappa shape index (κ1) is 14.0. The Balaban J connectivity index is 2.38. The van der Waals surface area contributed by atoms with Crippen LogP contribution in [0.15, 0.2) is 0 Å². The van der Waals surface area contributed by atoms with Gasteiger partial charge in [-0.2, -0.15) is 0 Å². The van der Waals surface area contributed by atoms with Gasteiger partial charge in [0.2, 0.25) is 0 Å². The predicted molar refractivity (Wildman–Crippen MR) is 72.6 cm³/mol. The lowest BCUT2D eigenvalue weighted by atomic mass is 9.74. The van der Waals surface area contributed by atoms with E-state index in [1.54, 1.807) is 0 Å². The highest BCUT2D eigenvalue weighted by Crippen LogP contribution is 2.33. The molecule has 0 heterocycles. The summed E-state index contributed by atoms with van der Waals surface area (Å²) >= 11 is 0. The van der Waals surface area contributed by atoms with Crippen molar-refractivity contribution in [2.45, 2.75) is 66.3 Å². The van der Waals surface area contributed by atoms with Crippen molar-refractivity contribution >= 4 is 0 Å². The highest BCUT2D eigenvalue weighted by Gasteiger charge is 2.29. The van der Waals surface area contributed by atoms with Gasteiger partial charge in [-0.3, -0.25) is 0 Å². The molecule has 0 amide bonds. The van der Waals surface area contributed by atoms with Crippen LogP contribution in [0.2, 0.25) is 0 Å². The Labute approximate surface area is 102 Å². The zero-order chi connectivity index (χ0) is 12.1. The SMILES string of the molecule is CC(C)CCNC1CC(C)CCC1C(C)C. The summed E-state index contributed by atoms with van der Waals surface area (Å²) in [5, 5.41) is 3.81. The normalized spacial score (nSPS) is 31.3. The van der Waals surface area contributed by atoms with Gasteiger partial charge in [-0.05, 0) is 49.5 Å². The molecule has 1 rings (SSSR count). The molecule has 1 heteroatoms. The fourth-order valence-electron chi connectivity index (χ4n) is 2.99. The maximum atomic E-state index is 3.81. The van der Waals surface area contributed by atoms with E-state index >= 15 is 0 Å². The summed E-state index contributed by atoms with van der Waals surface area (Å²) in [6.45, 7) is 13.0. The summed E-state index contributed by atoms with van der Waals surface area (Å²) in [4.78, 5) is 0. The van der Waals surface area contributed by atoms with Crippen LogP contribution in [-0.2, 0) is 0 Å². The van der Waals surface area contributed by atoms with Crippen LogP contribution in [0, 0.1) is 23.7 Å². The monoisotopic (exact) mass is 225 g/mol. The molecule has 0 radical (unpaired) electrons. The topological polar surface area (TPSA) is 12.0 Å². The van der Waals surface area contributed by atoms with Crippen molar-refractivity contribution in [3.8, 4) is 0 Å². The molecule has 0 aromatic carbocycles. The van der Waals surface area contributed by atoms with E-state index in [0.29, 0.717) is 0 Å². The van der Waals surface area contributed by atoms with Crippen molar-refractivity contribution in [1.29, 1.82) is 0 Å². The second-order valence-electron chi connectivity index (χ2n) is 6.57. The first-order chi connectivity index (χ1) is 7.50. The highest BCUT2D eigenvalue weighted by molar-refractivity contribution is 4.85. The van der Waals surface area contributed by atoms with Crippen LogP contribution in [0.3, 0.4) is 0 Å². The van der Waals surface area contributed by atoms with Crippen molar-refractivity contribution in [3.63, 3.8) is 0 Å². The van der Waals surface area contributed by atoms with Gasteiger partial charge in [0.05, 0.1) is 0 Å². The van der Waals surface area contributed by atoms with Gasteiger partial charge in [-0.1, -0.05) is 41.0 Å². The van der Waals surface area contributed by atoms with E-state index in [-0.39, 0.29) is 0 Å². The molecule has 0 spiro atoms. The summed E-state index contributed by atoms with van der Waals surface area (Å²) in [6, 6.07) is 0.780. The van der Waals surface area contributed by atoms with Crippen LogP contribution < -0.4 is 5.32 Å². The number of nitrogens with one attached hydrogen (secondary N) is 1. The number of hydrogen-bond acceptors (Lipinski definition) is 1. The highest BCUT2D eigenvalue weighted by atomic mass is 14.9. The molecule has 0 aromatic rings. The lowest BCUT2D eigenvalue weighted by molar-refractivity contribution is 0.169. The molecule has 16 heavy (non-hydrogen) atoms. The molecule has 0 saturated heterocycles. The van der Waals surface area contributed by atoms with E-state index < -0.39 is 0 Å². The molecule has 0 bridgehead atoms. The fourth-order valence-corrected chi connectivity index (χ4v) is 2.99. The maximum Gasteiger partial charge on any atom is 0.0100 e. The van der Waals surface area contributed by atoms with Crippen LogP contribution in [0.5, 0.6) is 0 Å². The fraction of sp³-hybridized carbons (Fsp3) is 1.00. The Hall–Kier alpha value is -0.0400. The van der Waals surface area contributed by atoms with Crippen LogP contribution in [0.4, 0.5) is 0 Å². The first-order valence-electron chi connectivity index (χ1n) is 7.24. The quantitative estimate of drug-likeness (QED) is 0.743. The van der Waals surface area contributed by atoms with E-state index in [1.807, 2.05) is 0 Å². The molecular formula is C15H31N. The average Bonchev–Trinajstić information content (AvgIpc) is 2.16. The molecule has 1 saturated carbocycles. The van der Waals surface area contributed by atoms with Crippen molar-refractivity contribution in [2.75, 3.05) is 6.54 Å². The van der Waals surface area contributed by atoms with Gasteiger partial charge in [-0.25, -0.2) is 0 Å². The van der Waals surface area contributed by atoms with Crippen LogP contribution in [0.1, 0.15) is 60.3 Å². The van der Waals surface area contributed by atoms with Crippen molar-refractivity contribution in [3.05, 3.63) is 0 Å². The molecule has 96 valence electrons. The van der Waals surface area contributed by atoms with Crippen LogP contribution in [-0.4, -0.2) is 12.6 Å². The van der Waals surface area contributed by atoms with E-state index in [1.165, 1.54) is 32.2 Å². The minimum absolute atomic E-state index is 0.780. The van der Waals surface area contributed by atoms with E-state index in [9.17, 15) is 0 Å². The second kappa shape index (κ2) is 6.64. The van der Waals surface area contributed by atoms with Gasteiger partial charge in [0, 0.05) is 6.04 Å². The van der Waals surface area contributed by atoms with E-state index in [0.717, 1.165) is 29.7 Å². The molecule has 3 atom stereocenters. The molecule has 1 N–H and O–H groups in total. The smallest absolute Gasteiger partial charge is 0.0100 e. The van der Waals surface area contributed by atoms with Crippen LogP contribution >= 0.6 is 0 Å². The third-order valence-corrected chi connectivity index (χ3v) is 4.15. The maximum absolute atomic E-state index is 3.81. The average molecular weight is 225 g/mol. The molecule has 1 aliphatic rings. The number of hydrogen-bond donors (Lipinski definition) is 1. The van der Waals surface area contributed by atoms with Gasteiger partial charge < -0.3 is 5.32 Å². The first-order valence-corrected chi connectivity index (χ1v) is 7.24. The Kier molecular flexibility index (Phi) is 5.82.